The minimum atomic E-state index is -3.70. The summed E-state index contributed by atoms with van der Waals surface area (Å²) < 4.78 is 59.0. The van der Waals surface area contributed by atoms with Gasteiger partial charge in [0.05, 0.1) is 4.90 Å². The lowest BCUT2D eigenvalue weighted by molar-refractivity contribution is -0.120. The smallest absolute Gasteiger partial charge is 0.255 e. The zero-order valence-corrected chi connectivity index (χ0v) is 16.1. The van der Waals surface area contributed by atoms with Crippen LogP contribution in [0.5, 0.6) is 5.75 Å². The second-order valence-corrected chi connectivity index (χ2v) is 8.54. The first-order chi connectivity index (χ1) is 12.7. The van der Waals surface area contributed by atoms with Gasteiger partial charge in [0.25, 0.3) is 5.91 Å². The van der Waals surface area contributed by atoms with E-state index in [4.69, 9.17) is 17.3 Å². The summed E-state index contributed by atoms with van der Waals surface area (Å²) in [5.74, 6) is -3.30. The molecular weight excluding hydrogens is 422 g/mol. The highest BCUT2D eigenvalue weighted by Crippen LogP contribution is 2.28. The number of ether oxygens (including phenoxy) is 1. The summed E-state index contributed by atoms with van der Waals surface area (Å²) >= 11 is 6.76. The lowest BCUT2D eigenvalue weighted by Gasteiger charge is -2.09. The molecule has 0 unspecified atom stereocenters. The molecule has 0 saturated heterocycles. The van der Waals surface area contributed by atoms with Crippen molar-refractivity contribution < 1.29 is 26.7 Å². The van der Waals surface area contributed by atoms with Gasteiger partial charge in [-0.25, -0.2) is 21.9 Å². The van der Waals surface area contributed by atoms with E-state index in [1.165, 1.54) is 24.3 Å². The highest BCUT2D eigenvalue weighted by Gasteiger charge is 2.15. The molecule has 0 heterocycles. The molecule has 0 spiro atoms. The van der Waals surface area contributed by atoms with Crippen LogP contribution >= 0.6 is 23.4 Å². The van der Waals surface area contributed by atoms with Gasteiger partial charge in [-0.05, 0) is 36.4 Å². The quantitative estimate of drug-likeness (QED) is 0.465. The number of carbonyl (C=O) groups is 1. The molecule has 0 aromatic heterocycles. The molecule has 27 heavy (non-hydrogen) atoms. The largest absolute Gasteiger partial charge is 0.478 e. The Labute approximate surface area is 164 Å². The topological polar surface area (TPSA) is 98.5 Å². The highest BCUT2D eigenvalue weighted by molar-refractivity contribution is 7.99. The van der Waals surface area contributed by atoms with Gasteiger partial charge >= 0.3 is 0 Å². The number of rotatable bonds is 9. The van der Waals surface area contributed by atoms with Crippen LogP contribution in [0.4, 0.5) is 8.78 Å². The van der Waals surface area contributed by atoms with E-state index in [2.05, 4.69) is 9.46 Å². The van der Waals surface area contributed by atoms with E-state index < -0.39 is 39.9 Å². The van der Waals surface area contributed by atoms with Crippen LogP contribution in [0.15, 0.2) is 46.2 Å². The van der Waals surface area contributed by atoms with E-state index in [1.807, 2.05) is 0 Å². The first kappa shape index (κ1) is 21.4. The maximum Gasteiger partial charge on any atom is 0.255 e. The van der Waals surface area contributed by atoms with Gasteiger partial charge < -0.3 is 10.5 Å². The maximum absolute atomic E-state index is 13.9. The number of benzene rings is 2. The molecule has 2 aromatic rings. The van der Waals surface area contributed by atoms with Crippen molar-refractivity contribution >= 4 is 39.3 Å². The Morgan fingerprint density at radius 2 is 1.78 bits per heavy atom. The predicted molar refractivity (Wildman–Crippen MR) is 98.4 cm³/mol. The third kappa shape index (κ3) is 6.35. The number of amides is 1. The first-order valence-electron chi connectivity index (χ1n) is 7.47. The summed E-state index contributed by atoms with van der Waals surface area (Å²) in [6, 6.07) is 7.70. The lowest BCUT2D eigenvalue weighted by atomic mass is 10.3. The molecule has 2 rings (SSSR count). The fraction of sp³-hybridized carbons (Fsp3) is 0.188. The number of hydrogen-bond acceptors (Lipinski definition) is 5. The molecule has 0 atom stereocenters. The number of nitrogens with two attached hydrogens (primary N) is 1. The van der Waals surface area contributed by atoms with Gasteiger partial charge in [-0.1, -0.05) is 11.6 Å². The van der Waals surface area contributed by atoms with E-state index in [-0.39, 0.29) is 22.1 Å². The van der Waals surface area contributed by atoms with Crippen molar-refractivity contribution in [2.75, 3.05) is 18.9 Å². The van der Waals surface area contributed by atoms with E-state index >= 15 is 0 Å². The predicted octanol–water partition coefficient (Wildman–Crippen LogP) is 2.55. The Bertz CT molecular complexity index is 902. The number of halogens is 3. The number of carbonyl (C=O) groups excluding carboxylic acids is 1. The average molecular weight is 437 g/mol. The molecule has 6 nitrogen and oxygen atoms in total. The monoisotopic (exact) mass is 436 g/mol. The van der Waals surface area contributed by atoms with Crippen molar-refractivity contribution in [2.45, 2.75) is 9.79 Å². The zero-order valence-electron chi connectivity index (χ0n) is 13.7. The molecule has 0 saturated carbocycles. The molecule has 0 aliphatic heterocycles. The summed E-state index contributed by atoms with van der Waals surface area (Å²) in [7, 11) is -3.70. The number of sulfonamides is 1. The van der Waals surface area contributed by atoms with Gasteiger partial charge in [0, 0.05) is 22.2 Å². The van der Waals surface area contributed by atoms with Gasteiger partial charge in [0.15, 0.2) is 24.0 Å². The molecule has 0 aliphatic rings. The van der Waals surface area contributed by atoms with Crippen molar-refractivity contribution in [1.29, 1.82) is 0 Å². The van der Waals surface area contributed by atoms with Crippen molar-refractivity contribution in [3.63, 3.8) is 0 Å². The second kappa shape index (κ2) is 9.36. The van der Waals surface area contributed by atoms with Crippen LogP contribution in [-0.4, -0.2) is 33.2 Å². The fourth-order valence-electron chi connectivity index (χ4n) is 1.94. The second-order valence-electron chi connectivity index (χ2n) is 5.17. The Hall–Kier alpha value is -1.88. The summed E-state index contributed by atoms with van der Waals surface area (Å²) in [4.78, 5) is 10.9. The van der Waals surface area contributed by atoms with Crippen LogP contribution in [0.3, 0.4) is 0 Å². The normalized spacial score (nSPS) is 11.4. The van der Waals surface area contributed by atoms with E-state index in [9.17, 15) is 22.0 Å². The van der Waals surface area contributed by atoms with Crippen LogP contribution in [0.25, 0.3) is 0 Å². The Morgan fingerprint density at radius 3 is 2.33 bits per heavy atom. The van der Waals surface area contributed by atoms with E-state index in [0.717, 1.165) is 23.9 Å². The summed E-state index contributed by atoms with van der Waals surface area (Å²) in [5, 5.41) is 0.414. The van der Waals surface area contributed by atoms with Gasteiger partial charge in [0.1, 0.15) is 0 Å². The molecular formula is C16H15ClF2N2O4S2. The SMILES string of the molecule is NC(=O)COc1c(F)cc(SCCNS(=O)(=O)c2ccc(Cl)cc2)cc1F. The van der Waals surface area contributed by atoms with Gasteiger partial charge in [-0.15, -0.1) is 11.8 Å². The molecule has 2 aromatic carbocycles. The van der Waals surface area contributed by atoms with Gasteiger partial charge in [-0.2, -0.15) is 0 Å². The van der Waals surface area contributed by atoms with Crippen molar-refractivity contribution in [3.05, 3.63) is 53.1 Å². The Balaban J connectivity index is 1.91. The van der Waals surface area contributed by atoms with Crippen LogP contribution in [0, 0.1) is 11.6 Å². The van der Waals surface area contributed by atoms with Crippen LogP contribution < -0.4 is 15.2 Å². The van der Waals surface area contributed by atoms with Gasteiger partial charge in [0.2, 0.25) is 10.0 Å². The molecule has 0 aliphatic carbocycles. The van der Waals surface area contributed by atoms with Crippen LogP contribution in [-0.2, 0) is 14.8 Å². The third-order valence-electron chi connectivity index (χ3n) is 3.12. The Kier molecular flexibility index (Phi) is 7.42. The molecule has 0 radical (unpaired) electrons. The highest BCUT2D eigenvalue weighted by atomic mass is 35.5. The van der Waals surface area contributed by atoms with Crippen molar-refractivity contribution in [2.24, 2.45) is 5.73 Å². The summed E-state index contributed by atoms with van der Waals surface area (Å²) in [5.41, 5.74) is 4.86. The summed E-state index contributed by atoms with van der Waals surface area (Å²) in [6.45, 7) is -0.606. The number of primary amides is 1. The zero-order chi connectivity index (χ0) is 20.0. The minimum absolute atomic E-state index is 0.0405. The van der Waals surface area contributed by atoms with E-state index in [0.29, 0.717) is 5.02 Å². The van der Waals surface area contributed by atoms with Crippen LogP contribution in [0.2, 0.25) is 5.02 Å². The summed E-state index contributed by atoms with van der Waals surface area (Å²) in [6.07, 6.45) is 0. The number of thioether (sulfide) groups is 1. The number of hydrogen-bond donors (Lipinski definition) is 2. The van der Waals surface area contributed by atoms with Crippen molar-refractivity contribution in [3.8, 4) is 5.75 Å². The molecule has 0 fully saturated rings. The van der Waals surface area contributed by atoms with Gasteiger partial charge in [-0.3, -0.25) is 4.79 Å². The molecule has 3 N–H and O–H groups in total. The Morgan fingerprint density at radius 1 is 1.19 bits per heavy atom. The van der Waals surface area contributed by atoms with Crippen LogP contribution in [0.1, 0.15) is 0 Å². The molecule has 11 heteroatoms. The lowest BCUT2D eigenvalue weighted by Crippen LogP contribution is -2.26. The van der Waals surface area contributed by atoms with E-state index in [1.54, 1.807) is 0 Å². The third-order valence-corrected chi connectivity index (χ3v) is 5.82. The molecule has 0 bridgehead atoms. The minimum Gasteiger partial charge on any atom is -0.478 e. The molecule has 146 valence electrons. The average Bonchev–Trinajstić information content (AvgIpc) is 2.58. The van der Waals surface area contributed by atoms with Crippen molar-refractivity contribution in [1.82, 2.24) is 4.72 Å². The fourth-order valence-corrected chi connectivity index (χ4v) is 4.04. The first-order valence-corrected chi connectivity index (χ1v) is 10.3. The standard InChI is InChI=1S/C16H15ClF2N2O4S2/c17-10-1-3-12(4-2-10)27(23,24)21-5-6-26-11-7-13(18)16(14(19)8-11)25-9-15(20)22/h1-4,7-8,21H,5-6,9H2,(H2,20,22). The molecule has 1 amide bonds. The maximum atomic E-state index is 13.9. The number of nitrogens with one attached hydrogen (secondary N) is 1.